The van der Waals surface area contributed by atoms with Gasteiger partial charge in [-0.25, -0.2) is 4.79 Å². The van der Waals surface area contributed by atoms with Gasteiger partial charge in [-0.2, -0.15) is 0 Å². The highest BCUT2D eigenvalue weighted by atomic mass is 16.5. The lowest BCUT2D eigenvalue weighted by atomic mass is 10.1. The van der Waals surface area contributed by atoms with Crippen LogP contribution in [-0.4, -0.2) is 37.7 Å². The molecule has 136 valence electrons. The Morgan fingerprint density at radius 1 is 1.19 bits per heavy atom. The van der Waals surface area contributed by atoms with Crippen molar-refractivity contribution in [2.45, 2.75) is 13.3 Å². The number of H-pyrrole nitrogens is 3. The first kappa shape index (κ1) is 16.8. The summed E-state index contributed by atoms with van der Waals surface area (Å²) in [6, 6.07) is 7.53. The summed E-state index contributed by atoms with van der Waals surface area (Å²) < 4.78 is 5.24. The molecule has 0 bridgehead atoms. The lowest BCUT2D eigenvalue weighted by molar-refractivity contribution is 0.0527. The third kappa shape index (κ3) is 3.01. The van der Waals surface area contributed by atoms with Crippen LogP contribution in [0.4, 0.5) is 0 Å². The van der Waals surface area contributed by atoms with Crippen molar-refractivity contribution >= 4 is 16.9 Å². The standard InChI is InChI=1S/C19H17N5O3/c1-2-27-19(26)16-11-5-3-4-6-13(11)23-14(16)9-15-17(21-8-7-20-15)12-10-22-24-18(12)25/h3-8,10,23H,2,9H2,1H3,(H2,22,24,25). The summed E-state index contributed by atoms with van der Waals surface area (Å²) in [5.41, 5.74) is 3.15. The van der Waals surface area contributed by atoms with E-state index in [0.29, 0.717) is 34.6 Å². The van der Waals surface area contributed by atoms with Crippen LogP contribution in [0.5, 0.6) is 0 Å². The number of esters is 1. The minimum Gasteiger partial charge on any atom is -0.462 e. The number of para-hydroxylation sites is 1. The molecule has 0 spiro atoms. The van der Waals surface area contributed by atoms with E-state index in [4.69, 9.17) is 4.74 Å². The van der Waals surface area contributed by atoms with Crippen molar-refractivity contribution in [2.75, 3.05) is 6.61 Å². The van der Waals surface area contributed by atoms with Gasteiger partial charge in [-0.05, 0) is 13.0 Å². The molecular formula is C19H17N5O3. The van der Waals surface area contributed by atoms with Gasteiger partial charge in [-0.15, -0.1) is 0 Å². The van der Waals surface area contributed by atoms with Crippen LogP contribution in [0.2, 0.25) is 0 Å². The average molecular weight is 363 g/mol. The summed E-state index contributed by atoms with van der Waals surface area (Å²) in [5, 5.41) is 5.95. The van der Waals surface area contributed by atoms with Crippen LogP contribution in [0.1, 0.15) is 28.7 Å². The second kappa shape index (κ2) is 6.91. The Kier molecular flexibility index (Phi) is 4.29. The molecule has 3 heterocycles. The van der Waals surface area contributed by atoms with Gasteiger partial charge in [-0.3, -0.25) is 19.9 Å². The first-order valence-corrected chi connectivity index (χ1v) is 8.52. The highest BCUT2D eigenvalue weighted by molar-refractivity contribution is 6.05. The van der Waals surface area contributed by atoms with Gasteiger partial charge in [-0.1, -0.05) is 18.2 Å². The molecule has 4 rings (SSSR count). The molecule has 4 aromatic rings. The van der Waals surface area contributed by atoms with Crippen LogP contribution in [0.15, 0.2) is 47.7 Å². The number of fused-ring (bicyclic) bond motifs is 1. The maximum absolute atomic E-state index is 12.6. The highest BCUT2D eigenvalue weighted by Crippen LogP contribution is 2.26. The first-order chi connectivity index (χ1) is 13.2. The van der Waals surface area contributed by atoms with Gasteiger partial charge >= 0.3 is 5.97 Å². The Morgan fingerprint density at radius 2 is 2.00 bits per heavy atom. The van der Waals surface area contributed by atoms with Crippen molar-refractivity contribution in [2.24, 2.45) is 0 Å². The van der Waals surface area contributed by atoms with Crippen molar-refractivity contribution in [1.29, 1.82) is 0 Å². The molecule has 0 aliphatic carbocycles. The van der Waals surface area contributed by atoms with Crippen LogP contribution >= 0.6 is 0 Å². The van der Waals surface area contributed by atoms with E-state index >= 15 is 0 Å². The van der Waals surface area contributed by atoms with E-state index in [9.17, 15) is 9.59 Å². The number of carbonyl (C=O) groups is 1. The quantitative estimate of drug-likeness (QED) is 0.471. The number of benzene rings is 1. The molecule has 27 heavy (non-hydrogen) atoms. The fraction of sp³-hybridized carbons (Fsp3) is 0.158. The van der Waals surface area contributed by atoms with Crippen LogP contribution < -0.4 is 5.56 Å². The number of rotatable bonds is 5. The largest absolute Gasteiger partial charge is 0.462 e. The van der Waals surface area contributed by atoms with E-state index in [-0.39, 0.29) is 12.2 Å². The number of aromatic amines is 3. The Labute approximate surface area is 153 Å². The molecule has 0 amide bonds. The molecule has 0 aliphatic heterocycles. The molecule has 0 unspecified atom stereocenters. The summed E-state index contributed by atoms with van der Waals surface area (Å²) in [6.45, 7) is 2.05. The zero-order valence-corrected chi connectivity index (χ0v) is 14.6. The fourth-order valence-electron chi connectivity index (χ4n) is 3.14. The van der Waals surface area contributed by atoms with Crippen LogP contribution in [-0.2, 0) is 11.2 Å². The van der Waals surface area contributed by atoms with Crippen molar-refractivity contribution < 1.29 is 9.53 Å². The molecule has 3 aromatic heterocycles. The second-order valence-corrected chi connectivity index (χ2v) is 5.93. The van der Waals surface area contributed by atoms with Crippen LogP contribution in [0.3, 0.4) is 0 Å². The van der Waals surface area contributed by atoms with Gasteiger partial charge in [0, 0.05) is 41.6 Å². The second-order valence-electron chi connectivity index (χ2n) is 5.93. The van der Waals surface area contributed by atoms with Crippen molar-refractivity contribution in [3.8, 4) is 11.3 Å². The number of hydrogen-bond donors (Lipinski definition) is 3. The van der Waals surface area contributed by atoms with Gasteiger partial charge in [0.05, 0.1) is 29.1 Å². The predicted octanol–water partition coefficient (Wildman–Crippen LogP) is 2.41. The van der Waals surface area contributed by atoms with E-state index in [0.717, 1.165) is 10.9 Å². The molecule has 3 N–H and O–H groups in total. The Bertz CT molecular complexity index is 1170. The van der Waals surface area contributed by atoms with Gasteiger partial charge in [0.1, 0.15) is 0 Å². The zero-order chi connectivity index (χ0) is 18.8. The Balaban J connectivity index is 1.84. The SMILES string of the molecule is CCOC(=O)c1c(Cc2nccnc2-c2c[nH][nH]c2=O)[nH]c2ccccc12. The van der Waals surface area contributed by atoms with E-state index in [2.05, 4.69) is 25.1 Å². The summed E-state index contributed by atoms with van der Waals surface area (Å²) >= 11 is 0. The first-order valence-electron chi connectivity index (χ1n) is 8.52. The molecule has 0 atom stereocenters. The van der Waals surface area contributed by atoms with Gasteiger partial charge in [0.25, 0.3) is 5.56 Å². The zero-order valence-electron chi connectivity index (χ0n) is 14.6. The molecule has 8 nitrogen and oxygen atoms in total. The lowest BCUT2D eigenvalue weighted by Crippen LogP contribution is -2.10. The number of nitrogens with one attached hydrogen (secondary N) is 3. The lowest BCUT2D eigenvalue weighted by Gasteiger charge is -2.07. The van der Waals surface area contributed by atoms with Crippen LogP contribution in [0, 0.1) is 0 Å². The van der Waals surface area contributed by atoms with E-state index in [1.807, 2.05) is 24.3 Å². The minimum atomic E-state index is -0.394. The maximum atomic E-state index is 12.6. The molecule has 0 saturated heterocycles. The Morgan fingerprint density at radius 3 is 2.78 bits per heavy atom. The van der Waals surface area contributed by atoms with E-state index in [1.54, 1.807) is 19.3 Å². The molecule has 1 aromatic carbocycles. The highest BCUT2D eigenvalue weighted by Gasteiger charge is 2.22. The summed E-state index contributed by atoms with van der Waals surface area (Å²) in [6.07, 6.45) is 4.94. The topological polar surface area (TPSA) is 117 Å². The molecule has 0 radical (unpaired) electrons. The van der Waals surface area contributed by atoms with E-state index < -0.39 is 5.97 Å². The van der Waals surface area contributed by atoms with Crippen molar-refractivity contribution in [3.63, 3.8) is 0 Å². The number of carbonyl (C=O) groups excluding carboxylic acids is 1. The molecular weight excluding hydrogens is 346 g/mol. The third-order valence-electron chi connectivity index (χ3n) is 4.28. The van der Waals surface area contributed by atoms with E-state index in [1.165, 1.54) is 6.20 Å². The molecule has 0 aliphatic rings. The smallest absolute Gasteiger partial charge is 0.340 e. The fourth-order valence-corrected chi connectivity index (χ4v) is 3.14. The molecule has 8 heteroatoms. The number of ether oxygens (including phenoxy) is 1. The van der Waals surface area contributed by atoms with Gasteiger partial charge in [0.2, 0.25) is 0 Å². The summed E-state index contributed by atoms with van der Waals surface area (Å²) in [4.78, 5) is 36.5. The van der Waals surface area contributed by atoms with Crippen molar-refractivity contribution in [3.05, 3.63) is 70.2 Å². The van der Waals surface area contributed by atoms with Gasteiger partial charge in [0.15, 0.2) is 0 Å². The Hall–Kier alpha value is -3.68. The number of aromatic nitrogens is 5. The average Bonchev–Trinajstić information content (AvgIpc) is 3.25. The van der Waals surface area contributed by atoms with Crippen LogP contribution in [0.25, 0.3) is 22.2 Å². The monoisotopic (exact) mass is 363 g/mol. The minimum absolute atomic E-state index is 0.279. The number of hydrogen-bond acceptors (Lipinski definition) is 5. The summed E-state index contributed by atoms with van der Waals surface area (Å²) in [7, 11) is 0. The van der Waals surface area contributed by atoms with Gasteiger partial charge < -0.3 is 14.8 Å². The number of nitrogens with zero attached hydrogens (tertiary/aromatic N) is 2. The molecule has 0 fully saturated rings. The molecule has 0 saturated carbocycles. The summed E-state index contributed by atoms with van der Waals surface area (Å²) in [5.74, 6) is -0.394. The third-order valence-corrected chi connectivity index (χ3v) is 4.28. The van der Waals surface area contributed by atoms with Crippen molar-refractivity contribution in [1.82, 2.24) is 25.1 Å². The predicted molar refractivity (Wildman–Crippen MR) is 99.5 cm³/mol. The maximum Gasteiger partial charge on any atom is 0.340 e. The normalized spacial score (nSPS) is 11.0.